The average Bonchev–Trinajstić information content (AvgIpc) is 3.33. The number of nitrogens with one attached hydrogen (secondary N) is 2. The summed E-state index contributed by atoms with van der Waals surface area (Å²) in [4.78, 5) is 33.6. The minimum atomic E-state index is -0.326. The molecule has 25 heavy (non-hydrogen) atoms. The summed E-state index contributed by atoms with van der Waals surface area (Å²) in [7, 11) is 0. The van der Waals surface area contributed by atoms with Gasteiger partial charge in [0.05, 0.1) is 25.6 Å². The zero-order valence-electron chi connectivity index (χ0n) is 14.4. The summed E-state index contributed by atoms with van der Waals surface area (Å²) in [6, 6.07) is 0.133. The van der Waals surface area contributed by atoms with Gasteiger partial charge in [0.15, 0.2) is 5.17 Å². The topological polar surface area (TPSA) is 77.0 Å². The monoisotopic (exact) mass is 363 g/mol. The van der Waals surface area contributed by atoms with Crippen molar-refractivity contribution in [3.8, 4) is 0 Å². The van der Waals surface area contributed by atoms with Crippen LogP contribution in [-0.4, -0.2) is 71.6 Å². The largest absolute Gasteiger partial charge is 0.353 e. The first kappa shape index (κ1) is 16.9. The number of hydrogen-bond acceptors (Lipinski definition) is 6. The molecule has 0 aromatic carbocycles. The highest BCUT2D eigenvalue weighted by molar-refractivity contribution is 8.16. The smallest absolute Gasteiger partial charge is 0.237 e. The highest BCUT2D eigenvalue weighted by Gasteiger charge is 2.36. The number of aliphatic imine (C=N–C) groups is 1. The molecule has 7 nitrogen and oxygen atoms in total. The van der Waals surface area contributed by atoms with Gasteiger partial charge in [-0.15, -0.1) is 0 Å². The molecule has 1 saturated carbocycles. The van der Waals surface area contributed by atoms with Crippen molar-refractivity contribution >= 4 is 28.7 Å². The number of carbonyl (C=O) groups is 2. The van der Waals surface area contributed by atoms with Gasteiger partial charge in [0.2, 0.25) is 11.8 Å². The third-order valence-corrected chi connectivity index (χ3v) is 6.41. The molecule has 136 valence electrons. The zero-order chi connectivity index (χ0) is 17.2. The van der Waals surface area contributed by atoms with Gasteiger partial charge in [-0.2, -0.15) is 0 Å². The van der Waals surface area contributed by atoms with Crippen LogP contribution in [0.4, 0.5) is 0 Å². The fourth-order valence-corrected chi connectivity index (χ4v) is 5.12. The maximum atomic E-state index is 12.5. The van der Waals surface area contributed by atoms with Crippen LogP contribution in [0.2, 0.25) is 0 Å². The normalized spacial score (nSPS) is 27.1. The van der Waals surface area contributed by atoms with E-state index < -0.39 is 0 Å². The first-order valence-electron chi connectivity index (χ1n) is 9.20. The van der Waals surface area contributed by atoms with Gasteiger partial charge in [-0.3, -0.25) is 19.5 Å². The molecule has 4 rings (SSSR count). The van der Waals surface area contributed by atoms with E-state index >= 15 is 0 Å². The fourth-order valence-electron chi connectivity index (χ4n) is 4.17. The zero-order valence-corrected chi connectivity index (χ0v) is 15.2. The van der Waals surface area contributed by atoms with Gasteiger partial charge in [0, 0.05) is 36.8 Å². The maximum Gasteiger partial charge on any atom is 0.237 e. The van der Waals surface area contributed by atoms with Crippen molar-refractivity contribution in [3.05, 3.63) is 11.1 Å². The standard InChI is InChI=1S/C17H25N5O2S/c23-15(20-10-13-11-25-17-19-6-8-22(13)17)9-14-16(24)18-5-7-21(14)12-3-1-2-4-12/h11-12,14H,1-10H2,(H,18,24)(H,20,23)/t14-/m0/s1. The lowest BCUT2D eigenvalue weighted by atomic mass is 10.0. The van der Waals surface area contributed by atoms with E-state index in [1.807, 2.05) is 0 Å². The molecule has 0 spiro atoms. The first-order valence-corrected chi connectivity index (χ1v) is 10.1. The van der Waals surface area contributed by atoms with Crippen LogP contribution in [0, 0.1) is 0 Å². The van der Waals surface area contributed by atoms with E-state index in [1.54, 1.807) is 11.8 Å². The van der Waals surface area contributed by atoms with Crippen molar-refractivity contribution < 1.29 is 9.59 Å². The molecule has 0 aromatic heterocycles. The number of fused-ring (bicyclic) bond motifs is 1. The lowest BCUT2D eigenvalue weighted by Crippen LogP contribution is -2.59. The Hall–Kier alpha value is -1.54. The van der Waals surface area contributed by atoms with Crippen LogP contribution in [0.5, 0.6) is 0 Å². The Bertz CT molecular complexity index is 614. The lowest BCUT2D eigenvalue weighted by molar-refractivity contribution is -0.135. The number of thioether (sulfide) groups is 1. The van der Waals surface area contributed by atoms with Gasteiger partial charge in [0.1, 0.15) is 0 Å². The van der Waals surface area contributed by atoms with Crippen molar-refractivity contribution in [2.75, 3.05) is 32.7 Å². The van der Waals surface area contributed by atoms with Crippen molar-refractivity contribution in [3.63, 3.8) is 0 Å². The Morgan fingerprint density at radius 1 is 1.36 bits per heavy atom. The Balaban J connectivity index is 1.32. The molecule has 0 bridgehead atoms. The summed E-state index contributed by atoms with van der Waals surface area (Å²) in [5.41, 5.74) is 1.09. The molecule has 8 heteroatoms. The minimum Gasteiger partial charge on any atom is -0.353 e. The quantitative estimate of drug-likeness (QED) is 0.744. The van der Waals surface area contributed by atoms with E-state index in [1.165, 1.54) is 12.8 Å². The first-order chi connectivity index (χ1) is 12.2. The van der Waals surface area contributed by atoms with Crippen LogP contribution in [0.15, 0.2) is 16.1 Å². The number of rotatable bonds is 5. The molecule has 1 aliphatic carbocycles. The highest BCUT2D eigenvalue weighted by Crippen LogP contribution is 2.29. The number of piperazine rings is 1. The summed E-state index contributed by atoms with van der Waals surface area (Å²) in [5.74, 6) is -0.0570. The molecule has 0 unspecified atom stereocenters. The predicted octanol–water partition coefficient (Wildman–Crippen LogP) is 0.496. The molecular formula is C17H25N5O2S. The maximum absolute atomic E-state index is 12.5. The summed E-state index contributed by atoms with van der Waals surface area (Å²) >= 11 is 1.62. The third-order valence-electron chi connectivity index (χ3n) is 5.46. The molecule has 4 aliphatic rings. The Morgan fingerprint density at radius 3 is 3.04 bits per heavy atom. The van der Waals surface area contributed by atoms with Crippen LogP contribution < -0.4 is 10.6 Å². The summed E-state index contributed by atoms with van der Waals surface area (Å²) in [6.45, 7) is 3.76. The van der Waals surface area contributed by atoms with E-state index in [2.05, 4.69) is 30.8 Å². The third kappa shape index (κ3) is 3.55. The van der Waals surface area contributed by atoms with E-state index in [0.29, 0.717) is 19.1 Å². The van der Waals surface area contributed by atoms with Gasteiger partial charge < -0.3 is 15.5 Å². The minimum absolute atomic E-state index is 0.00194. The molecule has 2 N–H and O–H groups in total. The van der Waals surface area contributed by atoms with E-state index in [9.17, 15) is 9.59 Å². The van der Waals surface area contributed by atoms with Crippen LogP contribution >= 0.6 is 11.8 Å². The highest BCUT2D eigenvalue weighted by atomic mass is 32.2. The van der Waals surface area contributed by atoms with Crippen LogP contribution in [0.3, 0.4) is 0 Å². The Kier molecular flexibility index (Phi) is 4.98. The summed E-state index contributed by atoms with van der Waals surface area (Å²) in [5, 5.41) is 8.99. The second-order valence-electron chi connectivity index (χ2n) is 7.01. The van der Waals surface area contributed by atoms with Crippen molar-refractivity contribution in [2.24, 2.45) is 4.99 Å². The van der Waals surface area contributed by atoms with Gasteiger partial charge in [-0.1, -0.05) is 24.6 Å². The van der Waals surface area contributed by atoms with Gasteiger partial charge in [0.25, 0.3) is 0 Å². The van der Waals surface area contributed by atoms with Gasteiger partial charge >= 0.3 is 0 Å². The molecule has 1 saturated heterocycles. The number of amidine groups is 1. The number of hydrogen-bond donors (Lipinski definition) is 2. The SMILES string of the molecule is O=C(C[C@H]1C(=O)NCCN1C1CCCC1)NCC1=CSC2=NCCN12. The number of nitrogens with zero attached hydrogens (tertiary/aromatic N) is 3. The molecule has 2 fully saturated rings. The Morgan fingerprint density at radius 2 is 2.20 bits per heavy atom. The number of carbonyl (C=O) groups excluding carboxylic acids is 2. The number of amides is 2. The molecule has 3 heterocycles. The Labute approximate surface area is 152 Å². The molecule has 0 radical (unpaired) electrons. The molecule has 0 aromatic rings. The van der Waals surface area contributed by atoms with Gasteiger partial charge in [-0.25, -0.2) is 0 Å². The second kappa shape index (κ2) is 7.37. The van der Waals surface area contributed by atoms with E-state index in [-0.39, 0.29) is 24.3 Å². The van der Waals surface area contributed by atoms with Crippen molar-refractivity contribution in [1.29, 1.82) is 0 Å². The van der Waals surface area contributed by atoms with E-state index in [4.69, 9.17) is 0 Å². The van der Waals surface area contributed by atoms with Crippen LogP contribution in [0.25, 0.3) is 0 Å². The van der Waals surface area contributed by atoms with Crippen LogP contribution in [-0.2, 0) is 9.59 Å². The molecule has 3 aliphatic heterocycles. The summed E-state index contributed by atoms with van der Waals surface area (Å²) < 4.78 is 0. The summed E-state index contributed by atoms with van der Waals surface area (Å²) in [6.07, 6.45) is 4.99. The van der Waals surface area contributed by atoms with Gasteiger partial charge in [-0.05, 0) is 12.8 Å². The second-order valence-corrected chi connectivity index (χ2v) is 7.84. The lowest BCUT2D eigenvalue weighted by Gasteiger charge is -2.38. The fraction of sp³-hybridized carbons (Fsp3) is 0.706. The average molecular weight is 363 g/mol. The van der Waals surface area contributed by atoms with Crippen LogP contribution in [0.1, 0.15) is 32.1 Å². The predicted molar refractivity (Wildman–Crippen MR) is 98.1 cm³/mol. The molecule has 1 atom stereocenters. The van der Waals surface area contributed by atoms with E-state index in [0.717, 1.165) is 43.3 Å². The molecule has 2 amide bonds. The van der Waals surface area contributed by atoms with Crippen molar-refractivity contribution in [1.82, 2.24) is 20.4 Å². The van der Waals surface area contributed by atoms with Crippen molar-refractivity contribution in [2.45, 2.75) is 44.2 Å². The molecular weight excluding hydrogens is 338 g/mol.